The smallest absolute Gasteiger partial charge is 0.291 e. The number of hydrogen-bond acceptors (Lipinski definition) is 6. The third-order valence-corrected chi connectivity index (χ3v) is 5.59. The third-order valence-electron chi connectivity index (χ3n) is 4.94. The van der Waals surface area contributed by atoms with Crippen molar-refractivity contribution in [2.75, 3.05) is 15.8 Å². The molecule has 0 saturated carbocycles. The Balaban J connectivity index is 2.17. The Morgan fingerprint density at radius 3 is 2.55 bits per heavy atom. The van der Waals surface area contributed by atoms with E-state index in [1.165, 1.54) is 31.1 Å². The largest absolute Gasteiger partial charge is 0.453 e. The highest BCUT2D eigenvalue weighted by molar-refractivity contribution is 8.00. The van der Waals surface area contributed by atoms with E-state index in [1.807, 2.05) is 13.0 Å². The molecule has 1 aromatic heterocycles. The second kappa shape index (κ2) is 9.95. The second-order valence-electron chi connectivity index (χ2n) is 7.27. The second-order valence-corrected chi connectivity index (χ2v) is 8.34. The number of aromatic nitrogens is 1. The lowest BCUT2D eigenvalue weighted by molar-refractivity contribution is 0.0997. The number of carbonyl (C=O) groups is 1. The van der Waals surface area contributed by atoms with Gasteiger partial charge >= 0.3 is 0 Å². The molecule has 1 heterocycles. The van der Waals surface area contributed by atoms with Gasteiger partial charge in [0.2, 0.25) is 5.82 Å². The first kappa shape index (κ1) is 24.1. The zero-order valence-electron chi connectivity index (χ0n) is 18.6. The third kappa shape index (κ3) is 4.95. The number of aryl methyl sites for hydroxylation is 1. The Bertz CT molecular complexity index is 1280. The molecule has 4 N–H and O–H groups in total. The normalized spacial score (nSPS) is 10.7. The summed E-state index contributed by atoms with van der Waals surface area (Å²) >= 11 is 1.46. The number of benzene rings is 2. The summed E-state index contributed by atoms with van der Waals surface area (Å²) in [6, 6.07) is 9.43. The van der Waals surface area contributed by atoms with Crippen molar-refractivity contribution in [3.05, 3.63) is 75.1 Å². The summed E-state index contributed by atoms with van der Waals surface area (Å²) in [4.78, 5) is 25.0. The minimum atomic E-state index is -1.29. The zero-order valence-corrected chi connectivity index (χ0v) is 19.4. The maximum absolute atomic E-state index is 15.1. The lowest BCUT2D eigenvalue weighted by Crippen LogP contribution is -2.28. The van der Waals surface area contributed by atoms with Gasteiger partial charge in [-0.25, -0.2) is 4.39 Å². The highest BCUT2D eigenvalue weighted by atomic mass is 32.2. The van der Waals surface area contributed by atoms with Crippen molar-refractivity contribution in [2.24, 2.45) is 12.8 Å². The van der Waals surface area contributed by atoms with Gasteiger partial charge in [0.1, 0.15) is 22.9 Å². The predicted molar refractivity (Wildman–Crippen MR) is 128 cm³/mol. The Hall–Kier alpha value is -3.53. The molecule has 0 saturated heterocycles. The minimum absolute atomic E-state index is 0.0189. The number of hydrogen-bond donors (Lipinski definition) is 3. The van der Waals surface area contributed by atoms with Crippen LogP contribution in [-0.2, 0) is 7.05 Å². The standard InChI is InChI=1S/C23H24F2N4O3S/c1-5-33-28-15-7-6-8-17(13(15)3)32-20-18(21(26)30)22(29(4)23(31)19(20)25)27-16-10-9-12(2)11-14(16)24/h6-11,27-28H,5H2,1-4H3,(H2,26,30). The van der Waals surface area contributed by atoms with E-state index >= 15 is 4.39 Å². The molecule has 0 spiro atoms. The molecule has 0 bridgehead atoms. The van der Waals surface area contributed by atoms with Gasteiger partial charge in [-0.15, -0.1) is 0 Å². The average molecular weight is 475 g/mol. The van der Waals surface area contributed by atoms with Crippen LogP contribution in [0.4, 0.5) is 26.0 Å². The molecule has 0 aliphatic heterocycles. The summed E-state index contributed by atoms with van der Waals surface area (Å²) in [5, 5.41) is 2.69. The molecule has 0 aliphatic carbocycles. The van der Waals surface area contributed by atoms with Gasteiger partial charge in [-0.3, -0.25) is 14.2 Å². The van der Waals surface area contributed by atoms with Crippen molar-refractivity contribution < 1.29 is 18.3 Å². The lowest BCUT2D eigenvalue weighted by atomic mass is 10.1. The van der Waals surface area contributed by atoms with Crippen LogP contribution in [0.2, 0.25) is 0 Å². The Morgan fingerprint density at radius 1 is 1.18 bits per heavy atom. The van der Waals surface area contributed by atoms with Crippen LogP contribution in [-0.4, -0.2) is 16.2 Å². The SMILES string of the molecule is CCSNc1cccc(Oc2c(C(N)=O)c(Nc3ccc(C)cc3F)n(C)c(=O)c2F)c1C. The molecule has 1 amide bonds. The van der Waals surface area contributed by atoms with E-state index in [4.69, 9.17) is 10.5 Å². The van der Waals surface area contributed by atoms with Crippen LogP contribution in [0, 0.1) is 25.5 Å². The number of anilines is 3. The number of rotatable bonds is 8. The van der Waals surface area contributed by atoms with Crippen LogP contribution in [0.3, 0.4) is 0 Å². The fourth-order valence-corrected chi connectivity index (χ4v) is 3.67. The van der Waals surface area contributed by atoms with Crippen LogP contribution in [0.5, 0.6) is 11.5 Å². The number of amides is 1. The summed E-state index contributed by atoms with van der Waals surface area (Å²) in [7, 11) is 1.24. The Morgan fingerprint density at radius 2 is 1.91 bits per heavy atom. The number of nitrogens with one attached hydrogen (secondary N) is 2. The molecule has 0 atom stereocenters. The van der Waals surface area contributed by atoms with Crippen LogP contribution in [0.15, 0.2) is 41.2 Å². The average Bonchev–Trinajstić information content (AvgIpc) is 2.77. The van der Waals surface area contributed by atoms with E-state index in [0.29, 0.717) is 11.1 Å². The zero-order chi connectivity index (χ0) is 24.3. The molecule has 3 aromatic rings. The van der Waals surface area contributed by atoms with Gasteiger partial charge in [-0.05, 0) is 43.7 Å². The number of nitrogens with zero attached hydrogens (tertiary/aromatic N) is 1. The molecular weight excluding hydrogens is 450 g/mol. The van der Waals surface area contributed by atoms with Crippen LogP contribution in [0.25, 0.3) is 0 Å². The molecule has 0 aliphatic rings. The van der Waals surface area contributed by atoms with Gasteiger partial charge in [0.25, 0.3) is 11.5 Å². The first-order chi connectivity index (χ1) is 15.6. The maximum Gasteiger partial charge on any atom is 0.291 e. The van der Waals surface area contributed by atoms with E-state index < -0.39 is 34.4 Å². The molecule has 3 rings (SSSR count). The molecule has 174 valence electrons. The summed E-state index contributed by atoms with van der Waals surface area (Å²) in [6.07, 6.45) is 0. The van der Waals surface area contributed by atoms with Gasteiger partial charge in [0.05, 0.1) is 11.4 Å². The number of halogens is 2. The minimum Gasteiger partial charge on any atom is -0.453 e. The van der Waals surface area contributed by atoms with Crippen LogP contribution < -0.4 is 26.1 Å². The first-order valence-corrected chi connectivity index (χ1v) is 11.0. The fraction of sp³-hybridized carbons (Fsp3) is 0.217. The number of carbonyl (C=O) groups excluding carboxylic acids is 1. The van der Waals surface area contributed by atoms with E-state index in [0.717, 1.165) is 16.0 Å². The summed E-state index contributed by atoms with van der Waals surface area (Å²) in [5.41, 5.74) is 6.08. The van der Waals surface area contributed by atoms with E-state index in [-0.39, 0.29) is 17.3 Å². The molecule has 2 aromatic carbocycles. The van der Waals surface area contributed by atoms with Gasteiger partial charge < -0.3 is 20.5 Å². The van der Waals surface area contributed by atoms with Crippen LogP contribution >= 0.6 is 11.9 Å². The molecule has 10 heteroatoms. The molecule has 7 nitrogen and oxygen atoms in total. The molecule has 0 fully saturated rings. The number of pyridine rings is 1. The van der Waals surface area contributed by atoms with Gasteiger partial charge in [0.15, 0.2) is 5.75 Å². The van der Waals surface area contributed by atoms with Gasteiger partial charge in [0, 0.05) is 18.4 Å². The molecular formula is C23H24F2N4O3S. The van der Waals surface area contributed by atoms with Crippen molar-refractivity contribution in [1.82, 2.24) is 4.57 Å². The van der Waals surface area contributed by atoms with Crippen molar-refractivity contribution in [2.45, 2.75) is 20.8 Å². The summed E-state index contributed by atoms with van der Waals surface area (Å²) in [5.74, 6) is -2.76. The van der Waals surface area contributed by atoms with Gasteiger partial charge in [-0.2, -0.15) is 4.39 Å². The predicted octanol–water partition coefficient (Wildman–Crippen LogP) is 5.00. The lowest BCUT2D eigenvalue weighted by Gasteiger charge is -2.20. The van der Waals surface area contributed by atoms with Crippen molar-refractivity contribution in [3.63, 3.8) is 0 Å². The molecule has 0 radical (unpaired) electrons. The summed E-state index contributed by atoms with van der Waals surface area (Å²) < 4.78 is 39.3. The fourth-order valence-electron chi connectivity index (χ4n) is 3.15. The number of nitrogens with two attached hydrogens (primary N) is 1. The maximum atomic E-state index is 15.1. The van der Waals surface area contributed by atoms with Crippen molar-refractivity contribution >= 4 is 35.0 Å². The summed E-state index contributed by atoms with van der Waals surface area (Å²) in [6.45, 7) is 5.44. The quantitative estimate of drug-likeness (QED) is 0.398. The van der Waals surface area contributed by atoms with E-state index in [1.54, 1.807) is 32.0 Å². The Kier molecular flexibility index (Phi) is 7.27. The molecule has 33 heavy (non-hydrogen) atoms. The van der Waals surface area contributed by atoms with E-state index in [2.05, 4.69) is 10.0 Å². The number of primary amides is 1. The molecule has 0 unspecified atom stereocenters. The monoisotopic (exact) mass is 474 g/mol. The number of ether oxygens (including phenoxy) is 1. The van der Waals surface area contributed by atoms with E-state index in [9.17, 15) is 14.0 Å². The first-order valence-electron chi connectivity index (χ1n) is 10.1. The topological polar surface area (TPSA) is 98.4 Å². The van der Waals surface area contributed by atoms with Crippen LogP contribution in [0.1, 0.15) is 28.4 Å². The highest BCUT2D eigenvalue weighted by Crippen LogP contribution is 2.36. The van der Waals surface area contributed by atoms with Crippen molar-refractivity contribution in [1.29, 1.82) is 0 Å². The van der Waals surface area contributed by atoms with Gasteiger partial charge in [-0.1, -0.05) is 31.0 Å². The van der Waals surface area contributed by atoms with Crippen molar-refractivity contribution in [3.8, 4) is 11.5 Å². The Labute approximate surface area is 194 Å². The highest BCUT2D eigenvalue weighted by Gasteiger charge is 2.27.